The monoisotopic (exact) mass is 1860 g/mol. The molecule has 22 heteroatoms. The molecule has 0 unspecified atom stereocenters. The number of halogens is 4. The maximum atomic E-state index is 9.75. The van der Waals surface area contributed by atoms with Gasteiger partial charge in [-0.3, -0.25) is 9.05 Å². The minimum atomic E-state index is -6.00. The molecule has 0 bridgehead atoms. The second-order valence-electron chi connectivity index (χ2n) is 25.9. The van der Waals surface area contributed by atoms with Crippen LogP contribution in [0, 0.1) is 115 Å². The van der Waals surface area contributed by atoms with E-state index in [0.29, 0.717) is 13.2 Å². The topological polar surface area (TPSA) is 151 Å². The first-order chi connectivity index (χ1) is 58.6. The Morgan fingerprint density at radius 3 is 0.656 bits per heavy atom. The first-order valence-corrected chi connectivity index (χ1v) is 42.5. The van der Waals surface area contributed by atoms with Crippen molar-refractivity contribution in [1.29, 1.82) is 0 Å². The molecule has 16 aromatic rings. The van der Waals surface area contributed by atoms with E-state index in [-0.39, 0.29) is 53.6 Å². The zero-order valence-electron chi connectivity index (χ0n) is 65.4. The summed E-state index contributed by atoms with van der Waals surface area (Å²) in [4.78, 5) is 0. The van der Waals surface area contributed by atoms with Crippen molar-refractivity contribution >= 4 is 158 Å². The Hall–Kier alpha value is -8.89. The molecule has 0 spiro atoms. The van der Waals surface area contributed by atoms with Crippen molar-refractivity contribution in [3.63, 3.8) is 0 Å². The molecule has 0 amide bonds. The molecule has 0 saturated heterocycles. The molecular weight excluding hydrogens is 1780 g/mol. The SMILES string of the molecule is F[B-](F)(F)F.[C-]#[O+].[C-]#[O+].[C-]#[O+].[C-]#[O+].[CH]1[CH]CC[CH][CH]CC1.[CH]1[CH][CH][C](COp2oc3ccc4ccccc4c3c3c(ccc4ccccc43)o2)[CH]1.[CH]1[CH][CH][C](COp2oc3ccc4ccccc4c3c3c(ccc4ccccc43)o2)[CH]1.[Mn].[Mn].[Rh].c1ccc(P(c2ccccc2)c2ccccc2)cc1.c1ccc(P(c2ccccc2)c2ccccc2)cc1. The van der Waals surface area contributed by atoms with Crippen molar-refractivity contribution in [2.45, 2.75) is 25.7 Å². The summed E-state index contributed by atoms with van der Waals surface area (Å²) < 4.78 is 106. The fraction of sp³-hybridized carbons (Fsp3) is 0.0600. The summed E-state index contributed by atoms with van der Waals surface area (Å²) >= 11 is 0. The van der Waals surface area contributed by atoms with Crippen molar-refractivity contribution in [1.82, 2.24) is 0 Å². The summed E-state index contributed by atoms with van der Waals surface area (Å²) in [6.07, 6.45) is 30.2. The second kappa shape index (κ2) is 54.7. The zero-order chi connectivity index (χ0) is 83.8. The van der Waals surface area contributed by atoms with Crippen LogP contribution in [0.15, 0.2) is 344 Å². The van der Waals surface area contributed by atoms with Crippen molar-refractivity contribution in [2.75, 3.05) is 13.2 Å². The standard InChI is InChI=1S/2C26H18O3P.2C18H15P.C8H12.4CO.BF4.2Mn.Rh/c2*1-2-8-18(7-1)17-27-30-28-23-15-13-19-9-3-5-11-21(19)25(23)26-22-12-6-4-10-20(22)14-16-24(26)29-30;2*1-4-10-16(11-5-1)19(17-12-6-2-7-13-17)18-14-8-3-9-15-18;1-2-4-6-8-7-5-3-1;4*1-2;2-1(3,4)5;;;/h2*1-16H,17H2;2*1-15H;1-2,7-8H,3-6H2;;;;;;;;/q;;;;;;;;;-1;;;. The van der Waals surface area contributed by atoms with Crippen molar-refractivity contribution in [2.24, 2.45) is 0 Å². The summed E-state index contributed by atoms with van der Waals surface area (Å²) in [6.45, 7) is 18.9. The first-order valence-electron chi connectivity index (χ1n) is 37.6. The summed E-state index contributed by atoms with van der Waals surface area (Å²) in [5.74, 6) is 2.21. The van der Waals surface area contributed by atoms with Gasteiger partial charge >= 0.3 is 68.9 Å². The molecule has 2 aromatic heterocycles. The van der Waals surface area contributed by atoms with Crippen molar-refractivity contribution in [3.05, 3.63) is 443 Å². The van der Waals surface area contributed by atoms with E-state index >= 15 is 0 Å². The zero-order valence-corrected chi connectivity index (χ0v) is 73.0. The third-order valence-electron chi connectivity index (χ3n) is 18.3. The number of rotatable bonds is 12. The molecule has 14 aromatic carbocycles. The molecule has 3 fully saturated rings. The molecule has 19 rings (SSSR count). The molecule has 3 aliphatic carbocycles. The molecule has 2 heterocycles. The normalized spacial score (nSPS) is 12.8. The number of benzene rings is 14. The Morgan fingerprint density at radius 2 is 0.459 bits per heavy atom. The van der Waals surface area contributed by atoms with Gasteiger partial charge in [-0.25, -0.2) is 0 Å². The van der Waals surface area contributed by atoms with Gasteiger partial charge in [0, 0.05) is 87.0 Å². The Bertz CT molecular complexity index is 5160. The fourth-order valence-electron chi connectivity index (χ4n) is 13.3. The predicted molar refractivity (Wildman–Crippen MR) is 478 cm³/mol. The molecule has 0 aliphatic heterocycles. The predicted octanol–water partition coefficient (Wildman–Crippen LogP) is 25.3. The summed E-state index contributed by atoms with van der Waals surface area (Å²) in [7, 11) is -10.1. The quantitative estimate of drug-likeness (QED) is 0.0391. The van der Waals surface area contributed by atoms with Crippen molar-refractivity contribution < 1.29 is 115 Å². The molecule has 0 atom stereocenters. The summed E-state index contributed by atoms with van der Waals surface area (Å²) in [6, 6.07) is 115. The Labute approximate surface area is 749 Å². The van der Waals surface area contributed by atoms with E-state index in [1.165, 1.54) is 79.1 Å². The molecular formula is C100H78BF4Mn2O10P4Rh-. The van der Waals surface area contributed by atoms with Gasteiger partial charge in [0.25, 0.3) is 0 Å². The van der Waals surface area contributed by atoms with E-state index < -0.39 is 39.6 Å². The number of fused-ring (bicyclic) bond motifs is 14. The van der Waals surface area contributed by atoms with Crippen LogP contribution in [-0.2, 0) is 72.2 Å². The molecule has 0 N–H and O–H groups in total. The fourth-order valence-corrected chi connectivity index (χ4v) is 19.9. The maximum absolute atomic E-state index is 9.75. The Kier molecular flexibility index (Phi) is 44.9. The van der Waals surface area contributed by atoms with Crippen LogP contribution in [0.2, 0.25) is 0 Å². The minimum Gasteiger partial charge on any atom is -0.399 e. The van der Waals surface area contributed by atoms with Crippen LogP contribution in [0.4, 0.5) is 17.3 Å². The third-order valence-corrected chi connectivity index (χ3v) is 25.3. The van der Waals surface area contributed by atoms with Gasteiger partial charge in [-0.15, -0.1) is 0 Å². The van der Waals surface area contributed by atoms with E-state index in [0.717, 1.165) is 77.3 Å². The molecule has 122 heavy (non-hydrogen) atoms. The smallest absolute Gasteiger partial charge is 0.387 e. The molecule has 17 radical (unpaired) electrons. The van der Waals surface area contributed by atoms with Gasteiger partial charge in [0.2, 0.25) is 0 Å². The summed E-state index contributed by atoms with van der Waals surface area (Å²) in [5, 5.41) is 21.9. The summed E-state index contributed by atoms with van der Waals surface area (Å²) in [5.41, 5.74) is 3.16. The van der Waals surface area contributed by atoms with Crippen LogP contribution < -0.4 is 40.9 Å². The molecule has 10 nitrogen and oxygen atoms in total. The Balaban J connectivity index is 0.000000209. The van der Waals surface area contributed by atoms with Crippen LogP contribution in [0.3, 0.4) is 0 Å². The van der Waals surface area contributed by atoms with Crippen LogP contribution in [0.1, 0.15) is 25.7 Å². The number of hydrogen-bond donors (Lipinski definition) is 0. The third kappa shape index (κ3) is 29.1. The van der Waals surface area contributed by atoms with Gasteiger partial charge in [-0.1, -0.05) is 303 Å². The Morgan fingerprint density at radius 1 is 0.279 bits per heavy atom. The largest absolute Gasteiger partial charge is 0.399 e. The number of hydrogen-bond acceptors (Lipinski definition) is 6. The van der Waals surface area contributed by atoms with Gasteiger partial charge in [-0.05, 0) is 218 Å². The van der Waals surface area contributed by atoms with E-state index in [4.69, 9.17) is 44.4 Å². The molecule has 613 valence electrons. The van der Waals surface area contributed by atoms with Crippen LogP contribution in [0.25, 0.3) is 87.0 Å². The second-order valence-corrected chi connectivity index (χ2v) is 32.4. The van der Waals surface area contributed by atoms with Crippen LogP contribution in [-0.4, -0.2) is 20.5 Å². The van der Waals surface area contributed by atoms with E-state index in [1.807, 2.05) is 75.6 Å². The van der Waals surface area contributed by atoms with Crippen molar-refractivity contribution in [3.8, 4) is 0 Å². The maximum Gasteiger partial charge on any atom is 0.387 e. The van der Waals surface area contributed by atoms with Crippen LogP contribution >= 0.6 is 32.3 Å². The minimum absolute atomic E-state index is 0. The molecule has 3 aliphatic rings. The van der Waals surface area contributed by atoms with E-state index in [9.17, 15) is 17.3 Å². The van der Waals surface area contributed by atoms with Gasteiger partial charge in [0.1, 0.15) is 22.3 Å². The van der Waals surface area contributed by atoms with Gasteiger partial charge in [0.15, 0.2) is 0 Å². The van der Waals surface area contributed by atoms with Gasteiger partial charge in [0.05, 0.1) is 13.2 Å². The van der Waals surface area contributed by atoms with Gasteiger partial charge < -0.3 is 34.0 Å². The van der Waals surface area contributed by atoms with E-state index in [2.05, 4.69) is 356 Å². The first kappa shape index (κ1) is 100. The van der Waals surface area contributed by atoms with E-state index in [1.54, 1.807) is 0 Å². The average molecular weight is 1860 g/mol. The van der Waals surface area contributed by atoms with Crippen LogP contribution in [0.5, 0.6) is 0 Å². The van der Waals surface area contributed by atoms with Gasteiger partial charge in [-0.2, -0.15) is 0 Å². The average Bonchev–Trinajstić information content (AvgIpc) is 1.46. The molecule has 3 saturated carbocycles.